The summed E-state index contributed by atoms with van der Waals surface area (Å²) in [7, 11) is 0. The smallest absolute Gasteiger partial charge is 0.00979 e. The zero-order valence-electron chi connectivity index (χ0n) is 9.73. The lowest BCUT2D eigenvalue weighted by Crippen LogP contribution is -1.81. The van der Waals surface area contributed by atoms with Crippen LogP contribution in [-0.2, 0) is 0 Å². The molecule has 0 aromatic heterocycles. The second-order valence-corrected chi connectivity index (χ2v) is 4.35. The quantitative estimate of drug-likeness (QED) is 0.403. The highest BCUT2D eigenvalue weighted by atomic mass is 32.1. The Hall–Kier alpha value is 0.700. The first-order valence-corrected chi connectivity index (χ1v) is 6.66. The summed E-state index contributed by atoms with van der Waals surface area (Å²) < 4.78 is 0. The Bertz CT molecular complexity index is 74.4. The summed E-state index contributed by atoms with van der Waals surface area (Å²) in [6, 6.07) is 0. The molecule has 0 spiro atoms. The molecule has 0 aromatic carbocycles. The van der Waals surface area contributed by atoms with Crippen LogP contribution in [0.1, 0.15) is 71.1 Å². The Labute approximate surface area is 103 Å². The van der Waals surface area contributed by atoms with Crippen molar-refractivity contribution in [2.75, 3.05) is 5.75 Å². The van der Waals surface area contributed by atoms with E-state index >= 15 is 0 Å². The third-order valence-electron chi connectivity index (χ3n) is 2.51. The molecule has 0 aliphatic heterocycles. The first kappa shape index (κ1) is 17.1. The molecule has 0 radical (unpaired) electrons. The Morgan fingerprint density at radius 1 is 0.643 bits per heavy atom. The monoisotopic (exact) mass is 236 g/mol. The van der Waals surface area contributed by atoms with E-state index in [1.165, 1.54) is 64.2 Å². The summed E-state index contributed by atoms with van der Waals surface area (Å²) in [5, 5.41) is 0. The maximum absolute atomic E-state index is 4.20. The first-order valence-electron chi connectivity index (χ1n) is 6.02. The van der Waals surface area contributed by atoms with Crippen molar-refractivity contribution in [1.29, 1.82) is 0 Å². The fraction of sp³-hybridized carbons (Fsp3) is 1.00. The van der Waals surface area contributed by atoms with E-state index in [1.54, 1.807) is 0 Å². The molecule has 88 valence electrons. The minimum absolute atomic E-state index is 0. The minimum atomic E-state index is 0. The lowest BCUT2D eigenvalue weighted by Gasteiger charge is -2.00. The Morgan fingerprint density at radius 3 is 1.36 bits per heavy atom. The molecule has 2 heteroatoms. The van der Waals surface area contributed by atoms with Gasteiger partial charge in [-0.05, 0) is 12.2 Å². The third kappa shape index (κ3) is 15.2. The van der Waals surface area contributed by atoms with E-state index in [-0.39, 0.29) is 13.5 Å². The highest BCUT2D eigenvalue weighted by Crippen LogP contribution is 2.10. The Kier molecular flexibility index (Phi) is 19.7. The number of hydrogen-bond donors (Lipinski definition) is 1. The van der Waals surface area contributed by atoms with Gasteiger partial charge in [-0.2, -0.15) is 26.1 Å². The second kappa shape index (κ2) is 16.1. The average Bonchev–Trinajstić information content (AvgIpc) is 2.16. The van der Waals surface area contributed by atoms with E-state index in [1.807, 2.05) is 0 Å². The van der Waals surface area contributed by atoms with Gasteiger partial charge in [-0.15, -0.1) is 0 Å². The third-order valence-corrected chi connectivity index (χ3v) is 2.83. The fourth-order valence-corrected chi connectivity index (χ4v) is 1.82. The average molecular weight is 236 g/mol. The number of thiol groups is 1. The van der Waals surface area contributed by atoms with Crippen molar-refractivity contribution in [3.05, 3.63) is 0 Å². The van der Waals surface area contributed by atoms with E-state index in [4.69, 9.17) is 0 Å². The van der Waals surface area contributed by atoms with E-state index in [0.717, 1.165) is 5.75 Å². The Balaban J connectivity index is 0. The topological polar surface area (TPSA) is 0 Å². The maximum Gasteiger partial charge on any atom is -0.00979 e. The lowest BCUT2D eigenvalue weighted by atomic mass is 10.1. The first-order chi connectivity index (χ1) is 6.41. The van der Waals surface area contributed by atoms with Gasteiger partial charge in [-0.25, -0.2) is 0 Å². The van der Waals surface area contributed by atoms with Crippen molar-refractivity contribution in [2.24, 2.45) is 0 Å². The van der Waals surface area contributed by atoms with Crippen LogP contribution in [-0.4, -0.2) is 5.75 Å². The molecule has 0 atom stereocenters. The predicted octanol–water partition coefficient (Wildman–Crippen LogP) is 4.95. The molecule has 0 saturated heterocycles. The summed E-state index contributed by atoms with van der Waals surface area (Å²) in [5.74, 6) is 1.07. The SMILES string of the molecule is CCCCCCCCCCCCS.S. The zero-order valence-corrected chi connectivity index (χ0v) is 11.6. The van der Waals surface area contributed by atoms with Crippen molar-refractivity contribution in [3.63, 3.8) is 0 Å². The van der Waals surface area contributed by atoms with Gasteiger partial charge in [0.15, 0.2) is 0 Å². The van der Waals surface area contributed by atoms with Crippen molar-refractivity contribution in [3.8, 4) is 0 Å². The largest absolute Gasteiger partial charge is 0.197 e. The standard InChI is InChI=1S/C12H26S.H2S/c1-2-3-4-5-6-7-8-9-10-11-12-13;/h13H,2-12H2,1H3;1H2. The van der Waals surface area contributed by atoms with Gasteiger partial charge < -0.3 is 0 Å². The van der Waals surface area contributed by atoms with Gasteiger partial charge in [0.1, 0.15) is 0 Å². The summed E-state index contributed by atoms with van der Waals surface area (Å²) >= 11 is 4.20. The van der Waals surface area contributed by atoms with Crippen LogP contribution in [0, 0.1) is 0 Å². The molecule has 0 N–H and O–H groups in total. The molecule has 0 aromatic rings. The summed E-state index contributed by atoms with van der Waals surface area (Å²) in [4.78, 5) is 0. The van der Waals surface area contributed by atoms with Crippen molar-refractivity contribution in [2.45, 2.75) is 71.1 Å². The summed E-state index contributed by atoms with van der Waals surface area (Å²) in [5.41, 5.74) is 0. The van der Waals surface area contributed by atoms with Gasteiger partial charge >= 0.3 is 0 Å². The van der Waals surface area contributed by atoms with Gasteiger partial charge in [-0.3, -0.25) is 0 Å². The molecule has 0 heterocycles. The van der Waals surface area contributed by atoms with Crippen molar-refractivity contribution >= 4 is 26.1 Å². The summed E-state index contributed by atoms with van der Waals surface area (Å²) in [6.45, 7) is 2.28. The molecule has 0 saturated carbocycles. The minimum Gasteiger partial charge on any atom is -0.197 e. The maximum atomic E-state index is 4.20. The molecule has 14 heavy (non-hydrogen) atoms. The molecule has 0 fully saturated rings. The molecule has 0 unspecified atom stereocenters. The molecule has 0 amide bonds. The number of hydrogen-bond acceptors (Lipinski definition) is 1. The molecule has 0 bridgehead atoms. The van der Waals surface area contributed by atoms with Crippen LogP contribution in [0.3, 0.4) is 0 Å². The summed E-state index contributed by atoms with van der Waals surface area (Å²) in [6.07, 6.45) is 14.2. The Morgan fingerprint density at radius 2 is 1.00 bits per heavy atom. The van der Waals surface area contributed by atoms with Gasteiger partial charge in [0.05, 0.1) is 0 Å². The van der Waals surface area contributed by atoms with Crippen LogP contribution in [0.4, 0.5) is 0 Å². The van der Waals surface area contributed by atoms with E-state index < -0.39 is 0 Å². The predicted molar refractivity (Wildman–Crippen MR) is 76.1 cm³/mol. The molecular weight excluding hydrogens is 208 g/mol. The normalized spacial score (nSPS) is 9.86. The van der Waals surface area contributed by atoms with Gasteiger partial charge in [0, 0.05) is 0 Å². The number of rotatable bonds is 10. The van der Waals surface area contributed by atoms with Crippen LogP contribution >= 0.6 is 26.1 Å². The highest BCUT2D eigenvalue weighted by molar-refractivity contribution is 7.80. The van der Waals surface area contributed by atoms with Crippen LogP contribution in [0.25, 0.3) is 0 Å². The van der Waals surface area contributed by atoms with Crippen molar-refractivity contribution in [1.82, 2.24) is 0 Å². The van der Waals surface area contributed by atoms with Crippen LogP contribution in [0.2, 0.25) is 0 Å². The van der Waals surface area contributed by atoms with E-state index in [9.17, 15) is 0 Å². The van der Waals surface area contributed by atoms with E-state index in [2.05, 4.69) is 19.6 Å². The van der Waals surface area contributed by atoms with Crippen LogP contribution in [0.15, 0.2) is 0 Å². The highest BCUT2D eigenvalue weighted by Gasteiger charge is 1.91. The molecule has 0 aliphatic rings. The molecule has 0 aliphatic carbocycles. The molecule has 0 nitrogen and oxygen atoms in total. The van der Waals surface area contributed by atoms with Crippen molar-refractivity contribution < 1.29 is 0 Å². The molecular formula is C12H28S2. The van der Waals surface area contributed by atoms with E-state index in [0.29, 0.717) is 0 Å². The second-order valence-electron chi connectivity index (χ2n) is 3.91. The van der Waals surface area contributed by atoms with Crippen LogP contribution in [0.5, 0.6) is 0 Å². The van der Waals surface area contributed by atoms with Gasteiger partial charge in [0.25, 0.3) is 0 Å². The molecule has 0 rings (SSSR count). The van der Waals surface area contributed by atoms with Crippen LogP contribution < -0.4 is 0 Å². The number of unbranched alkanes of at least 4 members (excludes halogenated alkanes) is 9. The zero-order chi connectivity index (χ0) is 9.78. The van der Waals surface area contributed by atoms with Gasteiger partial charge in [0.2, 0.25) is 0 Å². The van der Waals surface area contributed by atoms with Gasteiger partial charge in [-0.1, -0.05) is 64.7 Å². The fourth-order valence-electron chi connectivity index (χ4n) is 1.60. The lowest BCUT2D eigenvalue weighted by molar-refractivity contribution is 0.563.